The van der Waals surface area contributed by atoms with Gasteiger partial charge in [-0.25, -0.2) is 0 Å². The number of benzene rings is 1. The van der Waals surface area contributed by atoms with Crippen molar-refractivity contribution in [1.82, 2.24) is 4.98 Å². The summed E-state index contributed by atoms with van der Waals surface area (Å²) in [6.07, 6.45) is 0.902. The van der Waals surface area contributed by atoms with Gasteiger partial charge in [0.1, 0.15) is 17.2 Å². The Morgan fingerprint density at radius 1 is 1.20 bits per heavy atom. The molecule has 0 aliphatic rings. The van der Waals surface area contributed by atoms with Gasteiger partial charge >= 0.3 is 0 Å². The predicted molar refractivity (Wildman–Crippen MR) is 72.7 cm³/mol. The molecule has 0 spiro atoms. The molecule has 0 amide bonds. The third-order valence-electron chi connectivity index (χ3n) is 2.67. The normalized spacial score (nSPS) is 11.5. The molecular formula is C15H14N2O3. The van der Waals surface area contributed by atoms with Crippen molar-refractivity contribution in [3.63, 3.8) is 0 Å². The van der Waals surface area contributed by atoms with Gasteiger partial charge in [0.2, 0.25) is 0 Å². The van der Waals surface area contributed by atoms with Crippen LogP contribution in [0.4, 0.5) is 0 Å². The van der Waals surface area contributed by atoms with Crippen LogP contribution >= 0.6 is 0 Å². The average molecular weight is 270 g/mol. The van der Waals surface area contributed by atoms with Gasteiger partial charge in [-0.15, -0.1) is 0 Å². The lowest BCUT2D eigenvalue weighted by Crippen LogP contribution is -1.95. The predicted octanol–water partition coefficient (Wildman–Crippen LogP) is 2.81. The highest BCUT2D eigenvalue weighted by Crippen LogP contribution is 2.27. The lowest BCUT2D eigenvalue weighted by Gasteiger charge is -2.09. The van der Waals surface area contributed by atoms with Crippen LogP contribution in [0.25, 0.3) is 0 Å². The first-order chi connectivity index (χ1) is 9.62. The smallest absolute Gasteiger partial charge is 0.145 e. The second-order valence-corrected chi connectivity index (χ2v) is 4.21. The van der Waals surface area contributed by atoms with Crippen LogP contribution in [0.15, 0.2) is 36.5 Å². The monoisotopic (exact) mass is 270 g/mol. The van der Waals surface area contributed by atoms with Crippen LogP contribution in [-0.4, -0.2) is 17.2 Å². The van der Waals surface area contributed by atoms with Gasteiger partial charge in [0.25, 0.3) is 0 Å². The molecule has 0 aliphatic heterocycles. The first-order valence-electron chi connectivity index (χ1n) is 6.03. The minimum Gasteiger partial charge on any atom is -0.497 e. The van der Waals surface area contributed by atoms with Crippen LogP contribution in [-0.2, 0) is 0 Å². The van der Waals surface area contributed by atoms with Gasteiger partial charge in [-0.3, -0.25) is 4.98 Å². The number of methoxy groups -OCH3 is 1. The summed E-state index contributed by atoms with van der Waals surface area (Å²) in [5, 5.41) is 18.3. The molecule has 0 radical (unpaired) electrons. The van der Waals surface area contributed by atoms with Crippen molar-refractivity contribution in [3.8, 4) is 23.3 Å². The fraction of sp³-hybridized carbons (Fsp3) is 0.200. The summed E-state index contributed by atoms with van der Waals surface area (Å²) in [5.74, 6) is 1.56. The maximum absolute atomic E-state index is 9.39. The van der Waals surface area contributed by atoms with Gasteiger partial charge < -0.3 is 14.6 Å². The summed E-state index contributed by atoms with van der Waals surface area (Å²) in [7, 11) is 1.53. The number of aromatic nitrogens is 1. The molecular weight excluding hydrogens is 256 g/mol. The van der Waals surface area contributed by atoms with Crippen LogP contribution in [0, 0.1) is 11.3 Å². The Kier molecular flexibility index (Phi) is 4.18. The van der Waals surface area contributed by atoms with Crippen LogP contribution in [0.1, 0.15) is 24.3 Å². The summed E-state index contributed by atoms with van der Waals surface area (Å²) < 4.78 is 10.7. The molecule has 5 heteroatoms. The summed E-state index contributed by atoms with van der Waals surface area (Å²) in [5.41, 5.74) is 1.02. The number of rotatable bonds is 4. The Hall–Kier alpha value is -2.58. The van der Waals surface area contributed by atoms with Gasteiger partial charge in [-0.05, 0) is 31.2 Å². The average Bonchev–Trinajstić information content (AvgIpc) is 2.47. The molecule has 0 fully saturated rings. The maximum atomic E-state index is 9.39. The molecule has 1 N–H and O–H groups in total. The van der Waals surface area contributed by atoms with Crippen molar-refractivity contribution < 1.29 is 14.6 Å². The Morgan fingerprint density at radius 2 is 1.95 bits per heavy atom. The first-order valence-corrected chi connectivity index (χ1v) is 6.03. The van der Waals surface area contributed by atoms with Crippen molar-refractivity contribution in [1.29, 1.82) is 5.26 Å². The molecule has 1 atom stereocenters. The topological polar surface area (TPSA) is 75.4 Å². The number of hydrogen-bond acceptors (Lipinski definition) is 5. The minimum atomic E-state index is -0.619. The van der Waals surface area contributed by atoms with Crippen molar-refractivity contribution in [2.45, 2.75) is 13.0 Å². The second-order valence-electron chi connectivity index (χ2n) is 4.21. The van der Waals surface area contributed by atoms with Crippen molar-refractivity contribution in [3.05, 3.63) is 47.8 Å². The Balaban J connectivity index is 2.23. The van der Waals surface area contributed by atoms with Crippen molar-refractivity contribution >= 4 is 0 Å². The molecule has 0 aliphatic carbocycles. The van der Waals surface area contributed by atoms with Gasteiger partial charge in [-0.1, -0.05) is 0 Å². The molecule has 1 aromatic heterocycles. The van der Waals surface area contributed by atoms with Gasteiger partial charge in [0.15, 0.2) is 0 Å². The fourth-order valence-corrected chi connectivity index (χ4v) is 1.65. The van der Waals surface area contributed by atoms with E-state index in [1.807, 2.05) is 6.07 Å². The number of hydrogen-bond donors (Lipinski definition) is 1. The van der Waals surface area contributed by atoms with Crippen LogP contribution in [0.3, 0.4) is 0 Å². The second kappa shape index (κ2) is 6.04. The lowest BCUT2D eigenvalue weighted by molar-refractivity contribution is 0.194. The van der Waals surface area contributed by atoms with E-state index in [0.717, 1.165) is 0 Å². The zero-order valence-electron chi connectivity index (χ0n) is 11.2. The van der Waals surface area contributed by atoms with E-state index in [9.17, 15) is 5.11 Å². The molecule has 0 unspecified atom stereocenters. The number of aliphatic hydroxyl groups excluding tert-OH is 1. The molecule has 2 rings (SSSR count). The Morgan fingerprint density at radius 3 is 2.50 bits per heavy atom. The molecule has 102 valence electrons. The van der Waals surface area contributed by atoms with E-state index in [1.165, 1.54) is 13.3 Å². The molecule has 5 nitrogen and oxygen atoms in total. The quantitative estimate of drug-likeness (QED) is 0.924. The minimum absolute atomic E-state index is 0.452. The van der Waals surface area contributed by atoms with E-state index in [2.05, 4.69) is 4.98 Å². The Bertz CT molecular complexity index is 631. The zero-order valence-corrected chi connectivity index (χ0v) is 11.2. The molecule has 1 aromatic carbocycles. The number of nitrogens with zero attached hydrogens (tertiary/aromatic N) is 2. The highest BCUT2D eigenvalue weighted by Gasteiger charge is 2.06. The van der Waals surface area contributed by atoms with Crippen LogP contribution in [0.5, 0.6) is 17.2 Å². The summed E-state index contributed by atoms with van der Waals surface area (Å²) in [6, 6.07) is 10.4. The van der Waals surface area contributed by atoms with E-state index in [-0.39, 0.29) is 0 Å². The van der Waals surface area contributed by atoms with Gasteiger partial charge in [0, 0.05) is 6.07 Å². The standard InChI is InChI=1S/C15H14N2O3/c1-10(18)15-4-3-12(9-17-15)20-14-6-11(8-16)5-13(7-14)19-2/h3-7,9-10,18H,1-2H3/t10-/m1/s1. The van der Waals surface area contributed by atoms with E-state index in [4.69, 9.17) is 14.7 Å². The number of nitriles is 1. The largest absolute Gasteiger partial charge is 0.497 e. The van der Waals surface area contributed by atoms with Crippen molar-refractivity contribution in [2.75, 3.05) is 7.11 Å². The number of pyridine rings is 1. The van der Waals surface area contributed by atoms with Gasteiger partial charge in [-0.2, -0.15) is 5.26 Å². The molecule has 2 aromatic rings. The van der Waals surface area contributed by atoms with Gasteiger partial charge in [0.05, 0.1) is 36.7 Å². The maximum Gasteiger partial charge on any atom is 0.145 e. The molecule has 0 bridgehead atoms. The van der Waals surface area contributed by atoms with E-state index in [1.54, 1.807) is 37.3 Å². The summed E-state index contributed by atoms with van der Waals surface area (Å²) in [4.78, 5) is 4.09. The van der Waals surface area contributed by atoms with E-state index in [0.29, 0.717) is 28.5 Å². The molecule has 0 saturated heterocycles. The molecule has 0 saturated carbocycles. The first kappa shape index (κ1) is 13.8. The zero-order chi connectivity index (χ0) is 14.5. The summed E-state index contributed by atoms with van der Waals surface area (Å²) >= 11 is 0. The van der Waals surface area contributed by atoms with Crippen LogP contribution < -0.4 is 9.47 Å². The van der Waals surface area contributed by atoms with E-state index >= 15 is 0 Å². The fourth-order valence-electron chi connectivity index (χ4n) is 1.65. The third kappa shape index (κ3) is 3.25. The highest BCUT2D eigenvalue weighted by atomic mass is 16.5. The molecule has 1 heterocycles. The SMILES string of the molecule is COc1cc(C#N)cc(Oc2ccc([C@@H](C)O)nc2)c1. The van der Waals surface area contributed by atoms with Crippen LogP contribution in [0.2, 0.25) is 0 Å². The molecule has 20 heavy (non-hydrogen) atoms. The van der Waals surface area contributed by atoms with E-state index < -0.39 is 6.10 Å². The Labute approximate surface area is 117 Å². The summed E-state index contributed by atoms with van der Waals surface area (Å²) in [6.45, 7) is 1.64. The third-order valence-corrected chi connectivity index (χ3v) is 2.67. The van der Waals surface area contributed by atoms with Crippen molar-refractivity contribution in [2.24, 2.45) is 0 Å². The number of ether oxygens (including phenoxy) is 2. The number of aliphatic hydroxyl groups is 1. The lowest BCUT2D eigenvalue weighted by atomic mass is 10.2. The highest BCUT2D eigenvalue weighted by molar-refractivity contribution is 5.45.